The number of nitro benzene ring substituents is 1. The number of esters is 1. The van der Waals surface area contributed by atoms with E-state index in [-0.39, 0.29) is 41.5 Å². The fraction of sp³-hybridized carbons (Fsp3) is 0.143. The first kappa shape index (κ1) is 29.0. The molecular formula is C28H22BrN3O9. The number of non-ortho nitro benzene ring substituents is 1. The first-order chi connectivity index (χ1) is 19.6. The lowest BCUT2D eigenvalue weighted by atomic mass is 10.1. The second-order valence-electron chi connectivity index (χ2n) is 8.47. The second kappa shape index (κ2) is 12.4. The van der Waals surface area contributed by atoms with Gasteiger partial charge >= 0.3 is 12.0 Å². The van der Waals surface area contributed by atoms with Crippen LogP contribution in [0.5, 0.6) is 11.5 Å². The van der Waals surface area contributed by atoms with Crippen molar-refractivity contribution < 1.29 is 38.3 Å². The molecule has 3 aromatic carbocycles. The number of carbonyl (C=O) groups is 4. The van der Waals surface area contributed by atoms with Crippen molar-refractivity contribution in [3.63, 3.8) is 0 Å². The summed E-state index contributed by atoms with van der Waals surface area (Å²) >= 11 is 3.43. The Morgan fingerprint density at radius 2 is 1.80 bits per heavy atom. The van der Waals surface area contributed by atoms with Crippen molar-refractivity contribution >= 4 is 57.2 Å². The molecule has 210 valence electrons. The fourth-order valence-electron chi connectivity index (χ4n) is 3.91. The van der Waals surface area contributed by atoms with Gasteiger partial charge in [-0.1, -0.05) is 12.1 Å². The van der Waals surface area contributed by atoms with Gasteiger partial charge in [-0.05, 0) is 76.5 Å². The third-order valence-electron chi connectivity index (χ3n) is 5.80. The van der Waals surface area contributed by atoms with Crippen molar-refractivity contribution in [1.29, 1.82) is 0 Å². The van der Waals surface area contributed by atoms with Crippen LogP contribution in [0.25, 0.3) is 6.08 Å². The summed E-state index contributed by atoms with van der Waals surface area (Å²) in [6.45, 7) is 2.03. The number of hydrogen-bond acceptors (Lipinski definition) is 9. The highest BCUT2D eigenvalue weighted by atomic mass is 79.9. The lowest BCUT2D eigenvalue weighted by Crippen LogP contribution is -2.54. The number of carbonyl (C=O) groups excluding carboxylic acids is 4. The van der Waals surface area contributed by atoms with Crippen molar-refractivity contribution in [1.82, 2.24) is 5.32 Å². The van der Waals surface area contributed by atoms with E-state index in [1.807, 2.05) is 0 Å². The van der Waals surface area contributed by atoms with E-state index in [2.05, 4.69) is 26.0 Å². The Balaban J connectivity index is 1.63. The van der Waals surface area contributed by atoms with E-state index in [1.54, 1.807) is 31.2 Å². The van der Waals surface area contributed by atoms with Crippen LogP contribution in [0.2, 0.25) is 0 Å². The predicted octanol–water partition coefficient (Wildman–Crippen LogP) is 4.79. The van der Waals surface area contributed by atoms with Crippen LogP contribution in [0.4, 0.5) is 16.2 Å². The number of barbiturate groups is 1. The number of halogens is 1. The highest BCUT2D eigenvalue weighted by Gasteiger charge is 2.37. The van der Waals surface area contributed by atoms with Crippen LogP contribution in [-0.4, -0.2) is 42.5 Å². The Kier molecular flexibility index (Phi) is 8.78. The minimum absolute atomic E-state index is 0.00746. The SMILES string of the molecule is CCOc1cc(/C=C2\C(=O)NC(=O)N(c3ccc(C(=O)OC)cc3)C2=O)cc(Br)c1OCc1cccc([N+](=O)[O-])c1. The van der Waals surface area contributed by atoms with Crippen molar-refractivity contribution in [2.24, 2.45) is 0 Å². The molecule has 0 aliphatic carbocycles. The Bertz CT molecular complexity index is 1590. The fourth-order valence-corrected chi connectivity index (χ4v) is 4.49. The van der Waals surface area contributed by atoms with Gasteiger partial charge in [0, 0.05) is 12.1 Å². The van der Waals surface area contributed by atoms with Crippen LogP contribution in [0.3, 0.4) is 0 Å². The summed E-state index contributed by atoms with van der Waals surface area (Å²) in [5.74, 6) is -1.75. The summed E-state index contributed by atoms with van der Waals surface area (Å²) in [5, 5.41) is 13.2. The maximum absolute atomic E-state index is 13.3. The summed E-state index contributed by atoms with van der Waals surface area (Å²) in [6.07, 6.45) is 1.30. The van der Waals surface area contributed by atoms with E-state index in [9.17, 15) is 29.3 Å². The zero-order valence-electron chi connectivity index (χ0n) is 21.7. The molecule has 0 radical (unpaired) electrons. The number of amides is 4. The van der Waals surface area contributed by atoms with Gasteiger partial charge in [0.25, 0.3) is 17.5 Å². The van der Waals surface area contributed by atoms with E-state index >= 15 is 0 Å². The zero-order valence-corrected chi connectivity index (χ0v) is 23.3. The number of nitrogens with one attached hydrogen (secondary N) is 1. The molecule has 1 N–H and O–H groups in total. The summed E-state index contributed by atoms with van der Waals surface area (Å²) < 4.78 is 16.7. The Morgan fingerprint density at radius 3 is 2.46 bits per heavy atom. The number of methoxy groups -OCH3 is 1. The topological polar surface area (TPSA) is 154 Å². The smallest absolute Gasteiger partial charge is 0.337 e. The summed E-state index contributed by atoms with van der Waals surface area (Å²) in [5.41, 5.74) is 0.917. The normalized spacial score (nSPS) is 14.1. The Morgan fingerprint density at radius 1 is 1.07 bits per heavy atom. The van der Waals surface area contributed by atoms with Gasteiger partial charge in [-0.3, -0.25) is 25.0 Å². The molecule has 3 aromatic rings. The highest BCUT2D eigenvalue weighted by molar-refractivity contribution is 9.10. The molecule has 1 aliphatic heterocycles. The van der Waals surface area contributed by atoms with Crippen molar-refractivity contribution in [2.45, 2.75) is 13.5 Å². The number of rotatable bonds is 9. The van der Waals surface area contributed by atoms with Gasteiger partial charge < -0.3 is 14.2 Å². The van der Waals surface area contributed by atoms with Crippen molar-refractivity contribution in [3.05, 3.63) is 97.5 Å². The molecule has 0 saturated carbocycles. The van der Waals surface area contributed by atoms with Gasteiger partial charge in [0.2, 0.25) is 0 Å². The standard InChI is InChI=1S/C28H22BrN3O9/c1-3-40-23-14-17(13-22(29)24(23)41-15-16-5-4-6-20(11-16)32(37)38)12-21-25(33)30-28(36)31(26(21)34)19-9-7-18(8-10-19)27(35)39-2/h4-14H,3,15H2,1-2H3,(H,30,33,36)/b21-12+. The minimum Gasteiger partial charge on any atom is -0.490 e. The molecular weight excluding hydrogens is 602 g/mol. The molecule has 0 aromatic heterocycles. The van der Waals surface area contributed by atoms with Crippen LogP contribution >= 0.6 is 15.9 Å². The number of nitrogens with zero attached hydrogens (tertiary/aromatic N) is 2. The van der Waals surface area contributed by atoms with Crippen LogP contribution < -0.4 is 19.7 Å². The lowest BCUT2D eigenvalue weighted by molar-refractivity contribution is -0.384. The van der Waals surface area contributed by atoms with E-state index in [0.29, 0.717) is 21.3 Å². The predicted molar refractivity (Wildman–Crippen MR) is 150 cm³/mol. The van der Waals surface area contributed by atoms with Crippen molar-refractivity contribution in [2.75, 3.05) is 18.6 Å². The van der Waals surface area contributed by atoms with E-state index in [4.69, 9.17) is 9.47 Å². The number of anilines is 1. The maximum Gasteiger partial charge on any atom is 0.337 e. The molecule has 12 nitrogen and oxygen atoms in total. The number of hydrogen-bond donors (Lipinski definition) is 1. The number of ether oxygens (including phenoxy) is 3. The van der Waals surface area contributed by atoms with Gasteiger partial charge in [0.1, 0.15) is 12.2 Å². The second-order valence-corrected chi connectivity index (χ2v) is 9.33. The quantitative estimate of drug-likeness (QED) is 0.116. The first-order valence-corrected chi connectivity index (χ1v) is 12.8. The summed E-state index contributed by atoms with van der Waals surface area (Å²) in [4.78, 5) is 61.6. The molecule has 1 saturated heterocycles. The third-order valence-corrected chi connectivity index (χ3v) is 6.38. The van der Waals surface area contributed by atoms with E-state index in [1.165, 1.54) is 49.6 Å². The highest BCUT2D eigenvalue weighted by Crippen LogP contribution is 2.38. The van der Waals surface area contributed by atoms with Crippen LogP contribution in [0, 0.1) is 10.1 Å². The van der Waals surface area contributed by atoms with Gasteiger partial charge in [-0.25, -0.2) is 14.5 Å². The molecule has 1 aliphatic rings. The van der Waals surface area contributed by atoms with Crippen LogP contribution in [-0.2, 0) is 20.9 Å². The van der Waals surface area contributed by atoms with Gasteiger partial charge in [-0.15, -0.1) is 0 Å². The zero-order chi connectivity index (χ0) is 29.7. The molecule has 0 atom stereocenters. The summed E-state index contributed by atoms with van der Waals surface area (Å²) in [6, 6.07) is 13.8. The van der Waals surface area contributed by atoms with E-state index < -0.39 is 28.7 Å². The average Bonchev–Trinajstić information content (AvgIpc) is 2.95. The largest absolute Gasteiger partial charge is 0.490 e. The number of benzene rings is 3. The van der Waals surface area contributed by atoms with Gasteiger partial charge in [-0.2, -0.15) is 0 Å². The molecule has 1 fully saturated rings. The third kappa shape index (κ3) is 6.41. The Hall–Kier alpha value is -5.04. The summed E-state index contributed by atoms with van der Waals surface area (Å²) in [7, 11) is 1.23. The number of nitro groups is 1. The Labute approximate surface area is 241 Å². The maximum atomic E-state index is 13.3. The van der Waals surface area contributed by atoms with Gasteiger partial charge in [0.05, 0.1) is 34.4 Å². The van der Waals surface area contributed by atoms with E-state index in [0.717, 1.165) is 4.90 Å². The van der Waals surface area contributed by atoms with Gasteiger partial charge in [0.15, 0.2) is 11.5 Å². The number of imide groups is 2. The molecule has 41 heavy (non-hydrogen) atoms. The first-order valence-electron chi connectivity index (χ1n) is 12.0. The molecule has 4 amide bonds. The molecule has 4 rings (SSSR count). The lowest BCUT2D eigenvalue weighted by Gasteiger charge is -2.26. The molecule has 13 heteroatoms. The monoisotopic (exact) mass is 623 g/mol. The molecule has 0 unspecified atom stereocenters. The van der Waals surface area contributed by atoms with Crippen LogP contribution in [0.1, 0.15) is 28.4 Å². The average molecular weight is 624 g/mol. The molecule has 1 heterocycles. The molecule has 0 bridgehead atoms. The van der Waals surface area contributed by atoms with Crippen molar-refractivity contribution in [3.8, 4) is 11.5 Å². The number of urea groups is 1. The molecule has 0 spiro atoms. The minimum atomic E-state index is -0.941. The van der Waals surface area contributed by atoms with Crippen LogP contribution in [0.15, 0.2) is 70.7 Å².